The van der Waals surface area contributed by atoms with Crippen molar-refractivity contribution in [3.8, 4) is 0 Å². The van der Waals surface area contributed by atoms with E-state index in [0.29, 0.717) is 19.7 Å². The molecule has 1 rings (SSSR count). The van der Waals surface area contributed by atoms with Gasteiger partial charge in [0.25, 0.3) is 0 Å². The van der Waals surface area contributed by atoms with Crippen molar-refractivity contribution in [2.75, 3.05) is 19.7 Å². The molecule has 1 aliphatic rings. The highest BCUT2D eigenvalue weighted by Crippen LogP contribution is 2.15. The molecule has 0 saturated carbocycles. The molecular formula is C12H24N2O4. The third-order valence-electron chi connectivity index (χ3n) is 2.54. The quantitative estimate of drug-likeness (QED) is 0.735. The van der Waals surface area contributed by atoms with Crippen LogP contribution in [0.5, 0.6) is 0 Å². The molecule has 6 nitrogen and oxygen atoms in total. The summed E-state index contributed by atoms with van der Waals surface area (Å²) >= 11 is 0. The molecular weight excluding hydrogens is 236 g/mol. The molecule has 1 unspecified atom stereocenters. The van der Waals surface area contributed by atoms with Crippen LogP contribution in [0.3, 0.4) is 0 Å². The van der Waals surface area contributed by atoms with E-state index in [-0.39, 0.29) is 12.1 Å². The molecule has 0 bridgehead atoms. The lowest BCUT2D eigenvalue weighted by Crippen LogP contribution is -2.43. The molecule has 0 spiro atoms. The number of ether oxygens (including phenoxy) is 2. The van der Waals surface area contributed by atoms with E-state index in [2.05, 4.69) is 5.32 Å². The molecule has 0 aromatic heterocycles. The maximum atomic E-state index is 11.8. The van der Waals surface area contributed by atoms with Crippen molar-refractivity contribution in [2.45, 2.75) is 52.2 Å². The van der Waals surface area contributed by atoms with E-state index in [1.807, 2.05) is 27.7 Å². The van der Waals surface area contributed by atoms with E-state index in [1.165, 1.54) is 0 Å². The normalized spacial score (nSPS) is 22.1. The number of hydrogen-bond acceptors (Lipinski definition) is 5. The van der Waals surface area contributed by atoms with Crippen molar-refractivity contribution >= 4 is 6.09 Å². The number of carbonyl (C=O) groups excluding carboxylic acids is 1. The average Bonchev–Trinajstić information content (AvgIpc) is 2.63. The molecule has 0 aromatic rings. The average molecular weight is 260 g/mol. The summed E-state index contributed by atoms with van der Waals surface area (Å²) in [4.78, 5) is 13.4. The zero-order valence-electron chi connectivity index (χ0n) is 11.6. The molecule has 1 aliphatic heterocycles. The second-order valence-corrected chi connectivity index (χ2v) is 5.39. The number of aliphatic hydroxyl groups is 1. The summed E-state index contributed by atoms with van der Waals surface area (Å²) in [6, 6.07) is 0.0408. The third-order valence-corrected chi connectivity index (χ3v) is 2.54. The highest BCUT2D eigenvalue weighted by molar-refractivity contribution is 5.68. The van der Waals surface area contributed by atoms with E-state index < -0.39 is 12.0 Å². The van der Waals surface area contributed by atoms with Gasteiger partial charge in [-0.25, -0.2) is 4.79 Å². The zero-order chi connectivity index (χ0) is 13.8. The van der Waals surface area contributed by atoms with Crippen LogP contribution in [-0.4, -0.2) is 53.9 Å². The molecule has 106 valence electrons. The van der Waals surface area contributed by atoms with E-state index >= 15 is 0 Å². The smallest absolute Gasteiger partial charge is 0.410 e. The molecule has 2 N–H and O–H groups in total. The van der Waals surface area contributed by atoms with Crippen LogP contribution in [0.2, 0.25) is 0 Å². The van der Waals surface area contributed by atoms with Gasteiger partial charge in [0.2, 0.25) is 6.41 Å². The molecule has 1 heterocycles. The van der Waals surface area contributed by atoms with E-state index in [1.54, 1.807) is 4.90 Å². The molecule has 1 fully saturated rings. The first-order valence-electron chi connectivity index (χ1n) is 6.35. The van der Waals surface area contributed by atoms with Crippen LogP contribution in [0.15, 0.2) is 0 Å². The van der Waals surface area contributed by atoms with Crippen LogP contribution in [0, 0.1) is 0 Å². The first-order chi connectivity index (χ1) is 8.31. The van der Waals surface area contributed by atoms with Gasteiger partial charge in [0.1, 0.15) is 5.60 Å². The van der Waals surface area contributed by atoms with Gasteiger partial charge in [0, 0.05) is 25.7 Å². The van der Waals surface area contributed by atoms with Crippen LogP contribution in [0.4, 0.5) is 4.79 Å². The molecule has 6 heteroatoms. The maximum Gasteiger partial charge on any atom is 0.410 e. The summed E-state index contributed by atoms with van der Waals surface area (Å²) in [6.45, 7) is 8.94. The molecule has 2 atom stereocenters. The number of amides is 1. The lowest BCUT2D eigenvalue weighted by Gasteiger charge is -2.24. The van der Waals surface area contributed by atoms with Gasteiger partial charge in [0.15, 0.2) is 0 Å². The minimum absolute atomic E-state index is 0.0408. The summed E-state index contributed by atoms with van der Waals surface area (Å²) in [7, 11) is 0. The van der Waals surface area contributed by atoms with Gasteiger partial charge >= 0.3 is 6.09 Å². The Hall–Kier alpha value is -0.850. The Kier molecular flexibility index (Phi) is 5.37. The predicted octanol–water partition coefficient (Wildman–Crippen LogP) is 0.898. The van der Waals surface area contributed by atoms with Gasteiger partial charge < -0.3 is 19.5 Å². The number of carbonyl (C=O) groups is 1. The minimum Gasteiger partial charge on any atom is -0.444 e. The maximum absolute atomic E-state index is 11.8. The summed E-state index contributed by atoms with van der Waals surface area (Å²) in [6.07, 6.45) is -0.500. The van der Waals surface area contributed by atoms with Crippen LogP contribution >= 0.6 is 0 Å². The lowest BCUT2D eigenvalue weighted by atomic mass is 10.2. The zero-order valence-corrected chi connectivity index (χ0v) is 11.6. The fourth-order valence-electron chi connectivity index (χ4n) is 1.80. The van der Waals surface area contributed by atoms with Gasteiger partial charge in [-0.3, -0.25) is 5.32 Å². The Morgan fingerprint density at radius 1 is 1.56 bits per heavy atom. The van der Waals surface area contributed by atoms with Crippen LogP contribution < -0.4 is 5.32 Å². The van der Waals surface area contributed by atoms with Crippen molar-refractivity contribution in [3.63, 3.8) is 0 Å². The topological polar surface area (TPSA) is 71.0 Å². The van der Waals surface area contributed by atoms with Crippen LogP contribution in [-0.2, 0) is 9.47 Å². The van der Waals surface area contributed by atoms with Crippen LogP contribution in [0.1, 0.15) is 34.1 Å². The fraction of sp³-hybridized carbons (Fsp3) is 0.917. The molecule has 0 aliphatic carbocycles. The Morgan fingerprint density at radius 3 is 2.78 bits per heavy atom. The molecule has 0 aromatic carbocycles. The van der Waals surface area contributed by atoms with Crippen molar-refractivity contribution in [3.05, 3.63) is 0 Å². The number of rotatable bonds is 4. The van der Waals surface area contributed by atoms with E-state index in [0.717, 1.165) is 6.42 Å². The van der Waals surface area contributed by atoms with Crippen molar-refractivity contribution in [2.24, 2.45) is 0 Å². The molecule has 18 heavy (non-hydrogen) atoms. The summed E-state index contributed by atoms with van der Waals surface area (Å²) < 4.78 is 10.3. The van der Waals surface area contributed by atoms with E-state index in [9.17, 15) is 9.90 Å². The number of hydrogen-bond donors (Lipinski definition) is 2. The third kappa shape index (κ3) is 5.20. The van der Waals surface area contributed by atoms with Crippen molar-refractivity contribution < 1.29 is 19.4 Å². The lowest BCUT2D eigenvalue weighted by molar-refractivity contribution is -0.121. The Labute approximate surface area is 108 Å². The first kappa shape index (κ1) is 15.2. The summed E-state index contributed by atoms with van der Waals surface area (Å²) in [5.74, 6) is 0. The van der Waals surface area contributed by atoms with Crippen LogP contribution in [0.25, 0.3) is 0 Å². The van der Waals surface area contributed by atoms with Gasteiger partial charge in [-0.05, 0) is 34.1 Å². The van der Waals surface area contributed by atoms with Gasteiger partial charge in [-0.2, -0.15) is 0 Å². The fourth-order valence-corrected chi connectivity index (χ4v) is 1.80. The van der Waals surface area contributed by atoms with Gasteiger partial charge in [0.05, 0.1) is 0 Å². The summed E-state index contributed by atoms with van der Waals surface area (Å²) in [5.41, 5.74) is -0.479. The Bertz CT molecular complexity index is 278. The van der Waals surface area contributed by atoms with Crippen molar-refractivity contribution in [1.29, 1.82) is 0 Å². The van der Waals surface area contributed by atoms with Gasteiger partial charge in [-0.1, -0.05) is 0 Å². The second kappa shape index (κ2) is 6.36. The number of nitrogens with one attached hydrogen (secondary N) is 1. The highest BCUT2D eigenvalue weighted by atomic mass is 16.6. The summed E-state index contributed by atoms with van der Waals surface area (Å²) in [5, 5.41) is 12.4. The second-order valence-electron chi connectivity index (χ2n) is 5.39. The Morgan fingerprint density at radius 2 is 2.22 bits per heavy atom. The number of likely N-dealkylation sites (tertiary alicyclic amines) is 1. The predicted molar refractivity (Wildman–Crippen MR) is 67.0 cm³/mol. The first-order valence-corrected chi connectivity index (χ1v) is 6.35. The minimum atomic E-state index is -0.974. The van der Waals surface area contributed by atoms with Gasteiger partial charge in [-0.15, -0.1) is 0 Å². The number of aliphatic hydroxyl groups excluding tert-OH is 1. The highest BCUT2D eigenvalue weighted by Gasteiger charge is 2.30. The Balaban J connectivity index is 2.34. The number of nitrogens with zero attached hydrogens (tertiary/aromatic N) is 1. The van der Waals surface area contributed by atoms with Crippen molar-refractivity contribution in [1.82, 2.24) is 10.2 Å². The molecule has 1 saturated heterocycles. The monoisotopic (exact) mass is 260 g/mol. The standard InChI is InChI=1S/C12H24N2O4/c1-5-17-10(15)13-9-6-7-14(8-9)11(16)18-12(2,3)4/h9-10,13,15H,5-8H2,1-4H3/t9-,10?/m0/s1. The molecule has 1 amide bonds. The SMILES string of the molecule is CCOC(O)N[C@H]1CCN(C(=O)OC(C)(C)C)C1. The van der Waals surface area contributed by atoms with E-state index in [4.69, 9.17) is 9.47 Å². The largest absolute Gasteiger partial charge is 0.444 e. The molecule has 0 radical (unpaired) electrons.